The minimum absolute atomic E-state index is 0.224. The van der Waals surface area contributed by atoms with Crippen LogP contribution in [-0.2, 0) is 5.54 Å². The summed E-state index contributed by atoms with van der Waals surface area (Å²) in [5.74, 6) is 0.974. The van der Waals surface area contributed by atoms with Crippen molar-refractivity contribution in [2.24, 2.45) is 0 Å². The van der Waals surface area contributed by atoms with Gasteiger partial charge in [0.25, 0.3) is 0 Å². The topological polar surface area (TPSA) is 32.3 Å². The van der Waals surface area contributed by atoms with Crippen LogP contribution in [0.3, 0.4) is 0 Å². The van der Waals surface area contributed by atoms with E-state index in [4.69, 9.17) is 0 Å². The zero-order chi connectivity index (χ0) is 17.8. The maximum atomic E-state index is 10.5. The highest BCUT2D eigenvalue weighted by Crippen LogP contribution is 2.47. The number of hydrogen-bond donors (Lipinski definition) is 2. The number of anilines is 1. The zero-order valence-corrected chi connectivity index (χ0v) is 14.9. The van der Waals surface area contributed by atoms with Crippen molar-refractivity contribution in [3.8, 4) is 5.75 Å². The monoisotopic (exact) mass is 343 g/mol. The Bertz CT molecular complexity index is 836. The molecule has 1 saturated carbocycles. The third-order valence-electron chi connectivity index (χ3n) is 5.69. The van der Waals surface area contributed by atoms with Gasteiger partial charge < -0.3 is 10.4 Å². The lowest BCUT2D eigenvalue weighted by Crippen LogP contribution is -2.39. The molecule has 0 unspecified atom stereocenters. The van der Waals surface area contributed by atoms with E-state index >= 15 is 0 Å². The predicted molar refractivity (Wildman–Crippen MR) is 108 cm³/mol. The Morgan fingerprint density at radius 2 is 1.31 bits per heavy atom. The Hall–Kier alpha value is -2.74. The molecule has 0 amide bonds. The average Bonchev–Trinajstić information content (AvgIpc) is 2.70. The first-order valence-electron chi connectivity index (χ1n) is 9.43. The third kappa shape index (κ3) is 3.32. The van der Waals surface area contributed by atoms with Crippen LogP contribution in [0.1, 0.15) is 42.7 Å². The Kier molecular flexibility index (Phi) is 4.66. The number of aromatic hydroxyl groups is 1. The van der Waals surface area contributed by atoms with Gasteiger partial charge in [0.15, 0.2) is 0 Å². The minimum atomic E-state index is -0.224. The number of hydrogen-bond acceptors (Lipinski definition) is 2. The summed E-state index contributed by atoms with van der Waals surface area (Å²) >= 11 is 0. The van der Waals surface area contributed by atoms with Gasteiger partial charge in [0.1, 0.15) is 5.75 Å². The molecule has 0 heterocycles. The van der Waals surface area contributed by atoms with Crippen LogP contribution in [0.2, 0.25) is 0 Å². The van der Waals surface area contributed by atoms with Crippen molar-refractivity contribution < 1.29 is 5.11 Å². The van der Waals surface area contributed by atoms with Gasteiger partial charge in [-0.05, 0) is 55.4 Å². The molecular weight excluding hydrogens is 318 g/mol. The molecule has 0 aliphatic heterocycles. The number of phenolic OH excluding ortho intramolecular Hbond substituents is 1. The summed E-state index contributed by atoms with van der Waals surface area (Å²) in [6.07, 6.45) is 4.22. The molecule has 0 spiro atoms. The van der Waals surface area contributed by atoms with Crippen LogP contribution < -0.4 is 5.32 Å². The summed E-state index contributed by atoms with van der Waals surface area (Å²) in [4.78, 5) is 0. The molecule has 1 aliphatic rings. The van der Waals surface area contributed by atoms with E-state index in [0.29, 0.717) is 11.7 Å². The fourth-order valence-corrected chi connectivity index (χ4v) is 4.31. The largest absolute Gasteiger partial charge is 0.508 e. The zero-order valence-electron chi connectivity index (χ0n) is 14.9. The first-order chi connectivity index (χ1) is 12.8. The molecule has 0 aromatic heterocycles. The summed E-state index contributed by atoms with van der Waals surface area (Å²) in [7, 11) is 0. The number of para-hydroxylation sites is 2. The summed E-state index contributed by atoms with van der Waals surface area (Å²) < 4.78 is 0. The molecule has 3 aromatic rings. The first-order valence-corrected chi connectivity index (χ1v) is 9.43. The van der Waals surface area contributed by atoms with E-state index in [-0.39, 0.29) is 5.54 Å². The molecule has 4 rings (SSSR count). The van der Waals surface area contributed by atoms with E-state index in [1.165, 1.54) is 5.56 Å². The van der Waals surface area contributed by atoms with E-state index in [0.717, 1.165) is 36.9 Å². The van der Waals surface area contributed by atoms with E-state index < -0.39 is 0 Å². The molecule has 26 heavy (non-hydrogen) atoms. The summed E-state index contributed by atoms with van der Waals surface area (Å²) in [5, 5.41) is 14.3. The van der Waals surface area contributed by atoms with Gasteiger partial charge in [0, 0.05) is 11.3 Å². The highest BCUT2D eigenvalue weighted by atomic mass is 16.3. The van der Waals surface area contributed by atoms with Crippen molar-refractivity contribution in [1.29, 1.82) is 0 Å². The SMILES string of the molecule is Oc1ccccc1C1(Nc2ccccc2)CCC(c2ccccc2)CC1. The first kappa shape index (κ1) is 16.7. The number of benzene rings is 3. The normalized spacial score (nSPS) is 22.7. The Balaban J connectivity index is 1.64. The van der Waals surface area contributed by atoms with Crippen molar-refractivity contribution in [2.45, 2.75) is 37.1 Å². The van der Waals surface area contributed by atoms with Crippen LogP contribution in [-0.4, -0.2) is 5.11 Å². The second-order valence-electron chi connectivity index (χ2n) is 7.28. The van der Waals surface area contributed by atoms with Crippen LogP contribution >= 0.6 is 0 Å². The fourth-order valence-electron chi connectivity index (χ4n) is 4.31. The average molecular weight is 343 g/mol. The van der Waals surface area contributed by atoms with Gasteiger partial charge in [-0.15, -0.1) is 0 Å². The summed E-state index contributed by atoms with van der Waals surface area (Å²) in [5.41, 5.74) is 3.32. The Morgan fingerprint density at radius 3 is 1.96 bits per heavy atom. The molecule has 0 bridgehead atoms. The van der Waals surface area contributed by atoms with Crippen molar-refractivity contribution in [3.63, 3.8) is 0 Å². The highest BCUT2D eigenvalue weighted by molar-refractivity contribution is 5.51. The van der Waals surface area contributed by atoms with Crippen molar-refractivity contribution in [2.75, 3.05) is 5.32 Å². The van der Waals surface area contributed by atoms with E-state index in [1.54, 1.807) is 6.07 Å². The van der Waals surface area contributed by atoms with E-state index in [1.807, 2.05) is 18.2 Å². The van der Waals surface area contributed by atoms with Crippen LogP contribution in [0.4, 0.5) is 5.69 Å². The molecule has 1 fully saturated rings. The number of rotatable bonds is 4. The molecule has 2 heteroatoms. The minimum Gasteiger partial charge on any atom is -0.508 e. The van der Waals surface area contributed by atoms with E-state index in [2.05, 4.69) is 66.0 Å². The van der Waals surface area contributed by atoms with Crippen LogP contribution in [0.25, 0.3) is 0 Å². The summed E-state index contributed by atoms with van der Waals surface area (Å²) in [6.45, 7) is 0. The Labute approximate surface area is 155 Å². The maximum absolute atomic E-state index is 10.5. The molecule has 0 atom stereocenters. The lowest BCUT2D eigenvalue weighted by molar-refractivity contribution is 0.293. The second-order valence-corrected chi connectivity index (χ2v) is 7.28. The molecular formula is C24H25NO. The molecule has 1 aliphatic carbocycles. The van der Waals surface area contributed by atoms with Crippen molar-refractivity contribution in [3.05, 3.63) is 96.1 Å². The van der Waals surface area contributed by atoms with Crippen molar-refractivity contribution in [1.82, 2.24) is 0 Å². The van der Waals surface area contributed by atoms with Crippen LogP contribution in [0.15, 0.2) is 84.9 Å². The van der Waals surface area contributed by atoms with Gasteiger partial charge >= 0.3 is 0 Å². The van der Waals surface area contributed by atoms with Gasteiger partial charge in [-0.3, -0.25) is 0 Å². The second kappa shape index (κ2) is 7.25. The lowest BCUT2D eigenvalue weighted by atomic mass is 9.70. The molecule has 2 nitrogen and oxygen atoms in total. The predicted octanol–water partition coefficient (Wildman–Crippen LogP) is 6.06. The van der Waals surface area contributed by atoms with E-state index in [9.17, 15) is 5.11 Å². The standard InChI is InChI=1S/C24H25NO/c26-23-14-8-7-13-22(23)24(25-21-11-5-2-6-12-21)17-15-20(16-18-24)19-9-3-1-4-10-19/h1-14,20,25-26H,15-18H2. The third-order valence-corrected chi connectivity index (χ3v) is 5.69. The molecule has 0 radical (unpaired) electrons. The smallest absolute Gasteiger partial charge is 0.121 e. The quantitative estimate of drug-likeness (QED) is 0.604. The lowest BCUT2D eigenvalue weighted by Gasteiger charge is -2.42. The fraction of sp³-hybridized carbons (Fsp3) is 0.250. The van der Waals surface area contributed by atoms with Crippen LogP contribution in [0.5, 0.6) is 5.75 Å². The summed E-state index contributed by atoms with van der Waals surface area (Å²) in [6, 6.07) is 28.9. The van der Waals surface area contributed by atoms with Gasteiger partial charge in [-0.1, -0.05) is 66.7 Å². The highest BCUT2D eigenvalue weighted by Gasteiger charge is 2.38. The number of nitrogens with one attached hydrogen (secondary N) is 1. The Morgan fingerprint density at radius 1 is 0.731 bits per heavy atom. The van der Waals surface area contributed by atoms with Crippen LogP contribution in [0, 0.1) is 0 Å². The van der Waals surface area contributed by atoms with Gasteiger partial charge in [-0.25, -0.2) is 0 Å². The van der Waals surface area contributed by atoms with Gasteiger partial charge in [0.2, 0.25) is 0 Å². The number of phenols is 1. The van der Waals surface area contributed by atoms with Gasteiger partial charge in [0.05, 0.1) is 5.54 Å². The maximum Gasteiger partial charge on any atom is 0.121 e. The molecule has 3 aromatic carbocycles. The molecule has 132 valence electrons. The molecule has 2 N–H and O–H groups in total. The molecule has 0 saturated heterocycles. The van der Waals surface area contributed by atoms with Gasteiger partial charge in [-0.2, -0.15) is 0 Å². The van der Waals surface area contributed by atoms with Crippen molar-refractivity contribution >= 4 is 5.69 Å².